The van der Waals surface area contributed by atoms with Crippen molar-refractivity contribution in [1.82, 2.24) is 0 Å². The van der Waals surface area contributed by atoms with Crippen molar-refractivity contribution in [3.63, 3.8) is 0 Å². The third-order valence-electron chi connectivity index (χ3n) is 1.74. The van der Waals surface area contributed by atoms with E-state index in [2.05, 4.69) is 36.7 Å². The Morgan fingerprint density at radius 3 is 2.42 bits per heavy atom. The first-order chi connectivity index (χ1) is 5.41. The molecule has 0 aliphatic carbocycles. The number of hydrogen-bond donors (Lipinski definition) is 0. The molecule has 0 spiro atoms. The summed E-state index contributed by atoms with van der Waals surface area (Å²) >= 11 is 3.19. The van der Waals surface area contributed by atoms with Crippen LogP contribution in [0.3, 0.4) is 0 Å². The Bertz CT molecular complexity index is 291. The van der Waals surface area contributed by atoms with E-state index in [1.807, 2.05) is 12.1 Å². The lowest BCUT2D eigenvalue weighted by Gasteiger charge is -2.18. The standard InChI is InChI=1S/C9H12BrNO/c1-9(2,3)7-4-5-11(12)8(10)6-7/h4-6H,1-3H3. The molecule has 0 fully saturated rings. The van der Waals surface area contributed by atoms with Gasteiger partial charge in [-0.1, -0.05) is 20.8 Å². The summed E-state index contributed by atoms with van der Waals surface area (Å²) in [7, 11) is 0. The van der Waals surface area contributed by atoms with Gasteiger partial charge in [0.1, 0.15) is 0 Å². The van der Waals surface area contributed by atoms with Crippen molar-refractivity contribution >= 4 is 15.9 Å². The van der Waals surface area contributed by atoms with Crippen molar-refractivity contribution in [2.24, 2.45) is 0 Å². The first kappa shape index (κ1) is 9.52. The van der Waals surface area contributed by atoms with Crippen molar-refractivity contribution in [1.29, 1.82) is 0 Å². The molecule has 0 unspecified atom stereocenters. The molecule has 1 heterocycles. The van der Waals surface area contributed by atoms with Gasteiger partial charge < -0.3 is 5.21 Å². The zero-order valence-corrected chi connectivity index (χ0v) is 9.05. The Kier molecular flexibility index (Phi) is 2.42. The summed E-state index contributed by atoms with van der Waals surface area (Å²) in [5, 5.41) is 11.0. The molecular formula is C9H12BrNO. The SMILES string of the molecule is CC(C)(C)c1cc[n+]([O-])c(Br)c1. The molecule has 0 radical (unpaired) electrons. The van der Waals surface area contributed by atoms with Crippen molar-refractivity contribution in [2.45, 2.75) is 26.2 Å². The molecule has 66 valence electrons. The second kappa shape index (κ2) is 3.05. The summed E-state index contributed by atoms with van der Waals surface area (Å²) in [6.07, 6.45) is 1.52. The second-order valence-corrected chi connectivity index (χ2v) is 4.63. The number of pyridine rings is 1. The summed E-state index contributed by atoms with van der Waals surface area (Å²) < 4.78 is 1.37. The minimum absolute atomic E-state index is 0.0940. The lowest BCUT2D eigenvalue weighted by Crippen LogP contribution is -2.28. The highest BCUT2D eigenvalue weighted by molar-refractivity contribution is 9.10. The van der Waals surface area contributed by atoms with E-state index in [-0.39, 0.29) is 5.41 Å². The number of rotatable bonds is 0. The molecule has 0 aromatic carbocycles. The molecule has 0 N–H and O–H groups in total. The topological polar surface area (TPSA) is 26.9 Å². The van der Waals surface area contributed by atoms with E-state index in [1.54, 1.807) is 0 Å². The highest BCUT2D eigenvalue weighted by atomic mass is 79.9. The van der Waals surface area contributed by atoms with Gasteiger partial charge >= 0.3 is 0 Å². The predicted octanol–water partition coefficient (Wildman–Crippen LogP) is 2.38. The zero-order valence-electron chi connectivity index (χ0n) is 7.47. The van der Waals surface area contributed by atoms with Crippen LogP contribution in [0, 0.1) is 5.21 Å². The van der Waals surface area contributed by atoms with Crippen LogP contribution in [-0.4, -0.2) is 0 Å². The molecule has 0 aliphatic heterocycles. The minimum atomic E-state index is 0.0940. The Morgan fingerprint density at radius 2 is 2.00 bits per heavy atom. The maximum Gasteiger partial charge on any atom is 0.259 e. The van der Waals surface area contributed by atoms with Crippen molar-refractivity contribution in [3.8, 4) is 0 Å². The van der Waals surface area contributed by atoms with Crippen LogP contribution in [0.2, 0.25) is 0 Å². The number of nitrogens with zero attached hydrogens (tertiary/aromatic N) is 1. The molecule has 1 rings (SSSR count). The van der Waals surface area contributed by atoms with E-state index in [4.69, 9.17) is 0 Å². The normalized spacial score (nSPS) is 11.7. The van der Waals surface area contributed by atoms with E-state index >= 15 is 0 Å². The predicted molar refractivity (Wildman–Crippen MR) is 51.8 cm³/mol. The Morgan fingerprint density at radius 1 is 1.42 bits per heavy atom. The monoisotopic (exact) mass is 229 g/mol. The van der Waals surface area contributed by atoms with Gasteiger partial charge in [-0.05, 0) is 11.0 Å². The quantitative estimate of drug-likeness (QED) is 0.382. The molecule has 0 aliphatic rings. The van der Waals surface area contributed by atoms with Crippen molar-refractivity contribution in [2.75, 3.05) is 0 Å². The Balaban J connectivity index is 3.14. The molecule has 3 heteroatoms. The second-order valence-electron chi connectivity index (χ2n) is 3.81. The van der Waals surface area contributed by atoms with E-state index in [9.17, 15) is 5.21 Å². The van der Waals surface area contributed by atoms with Gasteiger partial charge in [-0.3, -0.25) is 0 Å². The van der Waals surface area contributed by atoms with Crippen LogP contribution in [-0.2, 0) is 5.41 Å². The van der Waals surface area contributed by atoms with Gasteiger partial charge in [0, 0.05) is 28.1 Å². The first-order valence-electron chi connectivity index (χ1n) is 3.80. The molecule has 0 saturated heterocycles. The largest absolute Gasteiger partial charge is 0.618 e. The number of halogens is 1. The summed E-state index contributed by atoms with van der Waals surface area (Å²) in [6.45, 7) is 6.34. The third-order valence-corrected chi connectivity index (χ3v) is 2.32. The van der Waals surface area contributed by atoms with Crippen LogP contribution in [0.25, 0.3) is 0 Å². The third kappa shape index (κ3) is 1.97. The Labute approximate surface area is 80.9 Å². The first-order valence-corrected chi connectivity index (χ1v) is 4.60. The van der Waals surface area contributed by atoms with Crippen LogP contribution in [0.15, 0.2) is 22.9 Å². The summed E-state index contributed by atoms with van der Waals surface area (Å²) in [5.74, 6) is 0. The minimum Gasteiger partial charge on any atom is -0.618 e. The average molecular weight is 230 g/mol. The summed E-state index contributed by atoms with van der Waals surface area (Å²) in [6, 6.07) is 3.70. The van der Waals surface area contributed by atoms with Crippen molar-refractivity contribution in [3.05, 3.63) is 33.7 Å². The maximum absolute atomic E-state index is 11.0. The van der Waals surface area contributed by atoms with Crippen LogP contribution in [0.1, 0.15) is 26.3 Å². The number of aromatic nitrogens is 1. The molecule has 2 nitrogen and oxygen atoms in total. The van der Waals surface area contributed by atoms with E-state index < -0.39 is 0 Å². The summed E-state index contributed by atoms with van der Waals surface area (Å²) in [4.78, 5) is 0. The van der Waals surface area contributed by atoms with Gasteiger partial charge in [-0.15, -0.1) is 0 Å². The highest BCUT2D eigenvalue weighted by Gasteiger charge is 2.16. The molecular weight excluding hydrogens is 218 g/mol. The van der Waals surface area contributed by atoms with Crippen LogP contribution < -0.4 is 4.73 Å². The lowest BCUT2D eigenvalue weighted by molar-refractivity contribution is -0.617. The lowest BCUT2D eigenvalue weighted by atomic mass is 9.88. The van der Waals surface area contributed by atoms with Gasteiger partial charge in [-0.25, -0.2) is 0 Å². The highest BCUT2D eigenvalue weighted by Crippen LogP contribution is 2.22. The fraction of sp³-hybridized carbons (Fsp3) is 0.444. The smallest absolute Gasteiger partial charge is 0.259 e. The summed E-state index contributed by atoms with van der Waals surface area (Å²) in [5.41, 5.74) is 1.25. The van der Waals surface area contributed by atoms with Gasteiger partial charge in [0.2, 0.25) is 0 Å². The van der Waals surface area contributed by atoms with Gasteiger partial charge in [-0.2, -0.15) is 4.73 Å². The molecule has 1 aromatic heterocycles. The molecule has 0 amide bonds. The average Bonchev–Trinajstić information content (AvgIpc) is 1.92. The fourth-order valence-electron chi connectivity index (χ4n) is 0.926. The Hall–Kier alpha value is -0.570. The molecule has 0 atom stereocenters. The number of hydrogen-bond acceptors (Lipinski definition) is 1. The molecule has 0 bridgehead atoms. The van der Waals surface area contributed by atoms with Gasteiger partial charge in [0.25, 0.3) is 4.60 Å². The fourth-order valence-corrected chi connectivity index (χ4v) is 1.29. The van der Waals surface area contributed by atoms with Gasteiger partial charge in [0.05, 0.1) is 0 Å². The van der Waals surface area contributed by atoms with Crippen LogP contribution in [0.4, 0.5) is 0 Å². The van der Waals surface area contributed by atoms with E-state index in [1.165, 1.54) is 6.20 Å². The van der Waals surface area contributed by atoms with Crippen LogP contribution in [0.5, 0.6) is 0 Å². The van der Waals surface area contributed by atoms with Crippen molar-refractivity contribution < 1.29 is 4.73 Å². The van der Waals surface area contributed by atoms with Gasteiger partial charge in [0.15, 0.2) is 6.20 Å². The van der Waals surface area contributed by atoms with Crippen LogP contribution >= 0.6 is 15.9 Å². The molecule has 12 heavy (non-hydrogen) atoms. The maximum atomic E-state index is 11.0. The van der Waals surface area contributed by atoms with E-state index in [0.29, 0.717) is 4.60 Å². The molecule has 0 saturated carbocycles. The zero-order chi connectivity index (χ0) is 9.35. The molecule has 1 aromatic rings. The van der Waals surface area contributed by atoms with E-state index in [0.717, 1.165) is 10.3 Å².